The predicted molar refractivity (Wildman–Crippen MR) is 130 cm³/mol. The van der Waals surface area contributed by atoms with Crippen molar-refractivity contribution in [2.75, 3.05) is 41.7 Å². The average Bonchev–Trinajstić information content (AvgIpc) is 3.56. The minimum Gasteiger partial charge on any atom is -0.369 e. The highest BCUT2D eigenvalue weighted by molar-refractivity contribution is 6.36. The number of benzene rings is 1. The number of rotatable bonds is 7. The number of imidazole rings is 1. The number of nitrogens with two attached hydrogens (primary N) is 1. The first-order valence-electron chi connectivity index (χ1n) is 11.1. The number of halogens is 1. The number of piperazine rings is 1. The lowest BCUT2D eigenvalue weighted by Gasteiger charge is -2.34. The van der Waals surface area contributed by atoms with Crippen molar-refractivity contribution in [1.29, 1.82) is 10.5 Å². The molecule has 13 nitrogen and oxygen atoms in total. The highest BCUT2D eigenvalue weighted by Crippen LogP contribution is 2.37. The van der Waals surface area contributed by atoms with Gasteiger partial charge >= 0.3 is 0 Å². The van der Waals surface area contributed by atoms with Crippen molar-refractivity contribution >= 4 is 52.2 Å². The molecule has 0 unspecified atom stereocenters. The van der Waals surface area contributed by atoms with E-state index >= 15 is 0 Å². The Morgan fingerprint density at radius 3 is 2.72 bits per heavy atom. The maximum Gasteiger partial charge on any atom is 0.247 e. The van der Waals surface area contributed by atoms with Gasteiger partial charge in [0.25, 0.3) is 0 Å². The molecule has 0 bridgehead atoms. The number of nitrogens with zero attached hydrogens (tertiary/aromatic N) is 8. The molecule has 3 aromatic rings. The molecule has 1 aliphatic carbocycles. The van der Waals surface area contributed by atoms with E-state index in [0.29, 0.717) is 29.4 Å². The maximum absolute atomic E-state index is 12.8. The topological polar surface area (TPSA) is 181 Å². The third-order valence-corrected chi connectivity index (χ3v) is 6.19. The van der Waals surface area contributed by atoms with Crippen LogP contribution in [0.3, 0.4) is 0 Å². The van der Waals surface area contributed by atoms with Gasteiger partial charge in [-0.25, -0.2) is 4.98 Å². The van der Waals surface area contributed by atoms with Crippen molar-refractivity contribution in [2.45, 2.75) is 18.9 Å². The fourth-order valence-electron chi connectivity index (χ4n) is 3.94. The largest absolute Gasteiger partial charge is 0.369 e. The summed E-state index contributed by atoms with van der Waals surface area (Å²) >= 11 is 6.70. The van der Waals surface area contributed by atoms with Crippen LogP contribution in [0.1, 0.15) is 24.1 Å². The normalized spacial score (nSPS) is 16.0. The molecule has 2 aromatic heterocycles. The molecule has 0 radical (unpaired) electrons. The number of carbonyl (C=O) groups is 2. The summed E-state index contributed by atoms with van der Waals surface area (Å²) in [4.78, 5) is 36.0. The van der Waals surface area contributed by atoms with Crippen molar-refractivity contribution in [3.8, 4) is 12.1 Å². The number of hydrogen-bond acceptors (Lipinski definition) is 10. The number of amides is 2. The summed E-state index contributed by atoms with van der Waals surface area (Å²) in [6.45, 7) is 0.650. The molecular formula is C22H20ClN11O2. The summed E-state index contributed by atoms with van der Waals surface area (Å²) in [7, 11) is 0. The van der Waals surface area contributed by atoms with Crippen LogP contribution in [0.25, 0.3) is 5.65 Å². The van der Waals surface area contributed by atoms with Gasteiger partial charge < -0.3 is 21.3 Å². The van der Waals surface area contributed by atoms with Crippen LogP contribution in [0.4, 0.5) is 23.1 Å². The van der Waals surface area contributed by atoms with Crippen molar-refractivity contribution in [3.05, 3.63) is 34.6 Å². The second-order valence-electron chi connectivity index (χ2n) is 8.51. The SMILES string of the molecule is N#Cc1cc(Nc2nc(NC3CC3)c3ncc(C#N)n3n2)c(Cl)c(N2CCN(CC(N)=O)CC2=O)c1. The minimum absolute atomic E-state index is 0.00759. The van der Waals surface area contributed by atoms with Crippen molar-refractivity contribution in [1.82, 2.24) is 24.5 Å². The zero-order valence-electron chi connectivity index (χ0n) is 18.9. The Morgan fingerprint density at radius 1 is 1.25 bits per heavy atom. The van der Waals surface area contributed by atoms with Crippen LogP contribution in [0.5, 0.6) is 0 Å². The van der Waals surface area contributed by atoms with E-state index in [4.69, 9.17) is 17.3 Å². The summed E-state index contributed by atoms with van der Waals surface area (Å²) in [5.41, 5.74) is 6.82. The molecule has 1 aliphatic heterocycles. The Bertz CT molecular complexity index is 1470. The monoisotopic (exact) mass is 505 g/mol. The summed E-state index contributed by atoms with van der Waals surface area (Å²) in [5, 5.41) is 29.9. The van der Waals surface area contributed by atoms with Crippen molar-refractivity contribution < 1.29 is 9.59 Å². The quantitative estimate of drug-likeness (QED) is 0.418. The summed E-state index contributed by atoms with van der Waals surface area (Å²) in [5.74, 6) is -0.209. The van der Waals surface area contributed by atoms with Crippen molar-refractivity contribution in [3.63, 3.8) is 0 Å². The van der Waals surface area contributed by atoms with Gasteiger partial charge in [-0.1, -0.05) is 11.6 Å². The number of fused-ring (bicyclic) bond motifs is 1. The predicted octanol–water partition coefficient (Wildman–Crippen LogP) is 0.973. The maximum atomic E-state index is 12.8. The van der Waals surface area contributed by atoms with Crippen LogP contribution in [0.15, 0.2) is 18.3 Å². The molecule has 36 heavy (non-hydrogen) atoms. The van der Waals surface area contributed by atoms with Crippen LogP contribution < -0.4 is 21.3 Å². The third-order valence-electron chi connectivity index (χ3n) is 5.79. The number of aromatic nitrogens is 4. The standard InChI is InChI=1S/C22H20ClN11O2/c23-19-15(5-12(7-24)6-16(19)33-4-3-32(10-17(26)35)11-18(33)36)29-22-30-20(28-13-1-2-13)21-27-9-14(8-25)34(21)31-22/h5-6,9,13H,1-4,10-11H2,(H2,26,35)(H2,28,29,30,31). The molecule has 14 heteroatoms. The van der Waals surface area contributed by atoms with Crippen LogP contribution in [0, 0.1) is 22.7 Å². The fourth-order valence-corrected chi connectivity index (χ4v) is 4.20. The number of nitrogens with one attached hydrogen (secondary N) is 2. The molecular weight excluding hydrogens is 486 g/mol. The highest BCUT2D eigenvalue weighted by Gasteiger charge is 2.29. The molecule has 1 saturated carbocycles. The Labute approximate surface area is 210 Å². The van der Waals surface area contributed by atoms with Crippen LogP contribution in [-0.2, 0) is 9.59 Å². The van der Waals surface area contributed by atoms with Gasteiger partial charge in [0.2, 0.25) is 17.8 Å². The molecule has 2 aliphatic rings. The lowest BCUT2D eigenvalue weighted by molar-refractivity contribution is -0.123. The number of primary amides is 1. The van der Waals surface area contributed by atoms with E-state index < -0.39 is 5.91 Å². The minimum atomic E-state index is -0.516. The van der Waals surface area contributed by atoms with Crippen LogP contribution >= 0.6 is 11.6 Å². The second kappa shape index (κ2) is 9.30. The number of carbonyl (C=O) groups excluding carboxylic acids is 2. The smallest absolute Gasteiger partial charge is 0.247 e. The summed E-state index contributed by atoms with van der Waals surface area (Å²) in [6.07, 6.45) is 3.42. The molecule has 1 saturated heterocycles. The molecule has 3 heterocycles. The third kappa shape index (κ3) is 4.57. The van der Waals surface area contributed by atoms with Gasteiger partial charge in [0.1, 0.15) is 6.07 Å². The van der Waals surface area contributed by atoms with Crippen molar-refractivity contribution in [2.24, 2.45) is 5.73 Å². The molecule has 182 valence electrons. The van der Waals surface area contributed by atoms with E-state index in [1.807, 2.05) is 6.07 Å². The average molecular weight is 506 g/mol. The highest BCUT2D eigenvalue weighted by atomic mass is 35.5. The summed E-state index contributed by atoms with van der Waals surface area (Å²) in [6, 6.07) is 7.46. The molecule has 1 aromatic carbocycles. The number of nitriles is 2. The first kappa shape index (κ1) is 23.3. The van der Waals surface area contributed by atoms with E-state index in [0.717, 1.165) is 12.8 Å². The molecule has 4 N–H and O–H groups in total. The van der Waals surface area contributed by atoms with Crippen LogP contribution in [0.2, 0.25) is 5.02 Å². The zero-order chi connectivity index (χ0) is 25.4. The summed E-state index contributed by atoms with van der Waals surface area (Å²) < 4.78 is 1.38. The van der Waals surface area contributed by atoms with E-state index in [9.17, 15) is 20.1 Å². The van der Waals surface area contributed by atoms with Crippen LogP contribution in [-0.4, -0.2) is 68.5 Å². The lowest BCUT2D eigenvalue weighted by atomic mass is 10.1. The van der Waals surface area contributed by atoms with Gasteiger partial charge in [-0.15, -0.1) is 5.10 Å². The Hall–Kier alpha value is -4.46. The molecule has 5 rings (SSSR count). The van der Waals surface area contributed by atoms with Gasteiger partial charge in [0.05, 0.1) is 47.3 Å². The first-order valence-corrected chi connectivity index (χ1v) is 11.5. The lowest BCUT2D eigenvalue weighted by Crippen LogP contribution is -2.52. The zero-order valence-corrected chi connectivity index (χ0v) is 19.7. The Kier molecular flexibility index (Phi) is 6.01. The van der Waals surface area contributed by atoms with E-state index in [1.165, 1.54) is 27.7 Å². The Morgan fingerprint density at radius 2 is 2.06 bits per heavy atom. The van der Waals surface area contributed by atoms with E-state index in [-0.39, 0.29) is 53.8 Å². The van der Waals surface area contributed by atoms with E-state index in [1.54, 1.807) is 4.90 Å². The molecule has 2 fully saturated rings. The van der Waals surface area contributed by atoms with Gasteiger partial charge in [-0.05, 0) is 25.0 Å². The number of anilines is 4. The fraction of sp³-hybridized carbons (Fsp3) is 0.318. The molecule has 0 atom stereocenters. The van der Waals surface area contributed by atoms with Gasteiger partial charge in [-0.2, -0.15) is 20.0 Å². The van der Waals surface area contributed by atoms with Gasteiger partial charge in [0, 0.05) is 19.1 Å². The second-order valence-corrected chi connectivity index (χ2v) is 8.89. The van der Waals surface area contributed by atoms with Gasteiger partial charge in [0.15, 0.2) is 17.2 Å². The van der Waals surface area contributed by atoms with E-state index in [2.05, 4.69) is 31.8 Å². The number of hydrogen-bond donors (Lipinski definition) is 3. The van der Waals surface area contributed by atoms with Gasteiger partial charge in [-0.3, -0.25) is 14.5 Å². The molecule has 0 spiro atoms. The first-order chi connectivity index (χ1) is 17.4. The Balaban J connectivity index is 1.49. The molecule has 2 amide bonds.